The minimum Gasteiger partial charge on any atom is -0.472 e. The van der Waals surface area contributed by atoms with Gasteiger partial charge in [-0.05, 0) is 18.6 Å². The van der Waals surface area contributed by atoms with E-state index in [0.29, 0.717) is 26.1 Å². The third kappa shape index (κ3) is 4.76. The van der Waals surface area contributed by atoms with E-state index >= 15 is 0 Å². The predicted molar refractivity (Wildman–Crippen MR) is 80.9 cm³/mol. The van der Waals surface area contributed by atoms with Gasteiger partial charge in [-0.15, -0.1) is 0 Å². The van der Waals surface area contributed by atoms with Gasteiger partial charge in [0, 0.05) is 25.8 Å². The minimum absolute atomic E-state index is 0.0962. The first kappa shape index (κ1) is 15.3. The summed E-state index contributed by atoms with van der Waals surface area (Å²) in [5, 5.41) is 0. The Morgan fingerprint density at radius 2 is 2.14 bits per heavy atom. The molecule has 2 aromatic rings. The zero-order chi connectivity index (χ0) is 15.1. The van der Waals surface area contributed by atoms with E-state index in [1.165, 1.54) is 5.56 Å². The topological polar surface area (TPSA) is 42.7 Å². The smallest absolute Gasteiger partial charge is 0.227 e. The van der Waals surface area contributed by atoms with E-state index in [4.69, 9.17) is 9.15 Å². The second-order valence-corrected chi connectivity index (χ2v) is 5.11. The van der Waals surface area contributed by atoms with Crippen molar-refractivity contribution in [2.45, 2.75) is 19.9 Å². The van der Waals surface area contributed by atoms with Crippen LogP contribution in [0, 0.1) is 6.92 Å². The fourth-order valence-electron chi connectivity index (χ4n) is 2.20. The van der Waals surface area contributed by atoms with Crippen molar-refractivity contribution in [3.05, 3.63) is 59.5 Å². The molecule has 2 rings (SSSR count). The van der Waals surface area contributed by atoms with Crippen molar-refractivity contribution in [2.75, 3.05) is 20.3 Å². The van der Waals surface area contributed by atoms with Crippen LogP contribution in [-0.4, -0.2) is 31.1 Å². The quantitative estimate of drug-likeness (QED) is 0.786. The Morgan fingerprint density at radius 1 is 1.29 bits per heavy atom. The molecule has 0 N–H and O–H groups in total. The molecule has 21 heavy (non-hydrogen) atoms. The zero-order valence-corrected chi connectivity index (χ0v) is 12.5. The summed E-state index contributed by atoms with van der Waals surface area (Å²) in [6.45, 7) is 3.68. The third-order valence-electron chi connectivity index (χ3n) is 3.31. The molecular weight excluding hydrogens is 266 g/mol. The number of amides is 1. The van der Waals surface area contributed by atoms with Crippen molar-refractivity contribution in [1.29, 1.82) is 0 Å². The number of nitrogens with zero attached hydrogens (tertiary/aromatic N) is 1. The van der Waals surface area contributed by atoms with E-state index in [2.05, 4.69) is 0 Å². The van der Waals surface area contributed by atoms with Crippen LogP contribution in [0.4, 0.5) is 0 Å². The fourth-order valence-corrected chi connectivity index (χ4v) is 2.20. The van der Waals surface area contributed by atoms with E-state index in [1.54, 1.807) is 24.5 Å². The van der Waals surface area contributed by atoms with Gasteiger partial charge in [0.2, 0.25) is 5.91 Å². The van der Waals surface area contributed by atoms with Gasteiger partial charge < -0.3 is 14.1 Å². The lowest BCUT2D eigenvalue weighted by atomic mass is 10.1. The maximum atomic E-state index is 12.5. The molecule has 0 aliphatic rings. The monoisotopic (exact) mass is 287 g/mol. The number of methoxy groups -OCH3 is 1. The molecule has 0 saturated carbocycles. The highest BCUT2D eigenvalue weighted by molar-refractivity contribution is 5.78. The van der Waals surface area contributed by atoms with Crippen molar-refractivity contribution in [2.24, 2.45) is 0 Å². The van der Waals surface area contributed by atoms with Crippen LogP contribution in [0.1, 0.15) is 16.7 Å². The van der Waals surface area contributed by atoms with Gasteiger partial charge in [0.05, 0.1) is 25.6 Å². The number of carbonyl (C=O) groups excluding carboxylic acids is 1. The van der Waals surface area contributed by atoms with Gasteiger partial charge in [-0.25, -0.2) is 0 Å². The van der Waals surface area contributed by atoms with E-state index in [1.807, 2.05) is 37.3 Å². The lowest BCUT2D eigenvalue weighted by Crippen LogP contribution is -2.34. The third-order valence-corrected chi connectivity index (χ3v) is 3.31. The summed E-state index contributed by atoms with van der Waals surface area (Å²) in [5.41, 5.74) is 3.19. The number of aryl methyl sites for hydroxylation is 1. The molecular formula is C17H21NO3. The molecule has 0 unspecified atom stereocenters. The number of carbonyl (C=O) groups is 1. The van der Waals surface area contributed by atoms with Crippen LogP contribution in [0.25, 0.3) is 0 Å². The molecule has 112 valence electrons. The van der Waals surface area contributed by atoms with E-state index in [0.717, 1.165) is 11.1 Å². The molecule has 4 heteroatoms. The lowest BCUT2D eigenvalue weighted by Gasteiger charge is -2.22. The van der Waals surface area contributed by atoms with Crippen molar-refractivity contribution in [3.63, 3.8) is 0 Å². The number of ether oxygens (including phenoxy) is 1. The van der Waals surface area contributed by atoms with Crippen LogP contribution >= 0.6 is 0 Å². The summed E-state index contributed by atoms with van der Waals surface area (Å²) in [6, 6.07) is 9.91. The first-order chi connectivity index (χ1) is 10.2. The van der Waals surface area contributed by atoms with Crippen molar-refractivity contribution in [3.8, 4) is 0 Å². The number of rotatable bonds is 7. The minimum atomic E-state index is 0.0962. The van der Waals surface area contributed by atoms with Crippen LogP contribution < -0.4 is 0 Å². The molecule has 0 fully saturated rings. The average molecular weight is 287 g/mol. The molecule has 4 nitrogen and oxygen atoms in total. The normalized spacial score (nSPS) is 10.6. The first-order valence-corrected chi connectivity index (χ1v) is 7.02. The second kappa shape index (κ2) is 7.64. The van der Waals surface area contributed by atoms with E-state index in [9.17, 15) is 4.79 Å². The highest BCUT2D eigenvalue weighted by Crippen LogP contribution is 2.10. The van der Waals surface area contributed by atoms with Crippen LogP contribution in [-0.2, 0) is 22.5 Å². The molecule has 0 spiro atoms. The molecule has 0 bridgehead atoms. The van der Waals surface area contributed by atoms with Gasteiger partial charge in [0.1, 0.15) is 0 Å². The van der Waals surface area contributed by atoms with E-state index in [-0.39, 0.29) is 5.91 Å². The van der Waals surface area contributed by atoms with Crippen LogP contribution in [0.5, 0.6) is 0 Å². The molecule has 1 heterocycles. The zero-order valence-electron chi connectivity index (χ0n) is 12.5. The van der Waals surface area contributed by atoms with E-state index < -0.39 is 0 Å². The van der Waals surface area contributed by atoms with Crippen LogP contribution in [0.2, 0.25) is 0 Å². The Morgan fingerprint density at radius 3 is 2.81 bits per heavy atom. The van der Waals surface area contributed by atoms with Crippen LogP contribution in [0.3, 0.4) is 0 Å². The molecule has 0 saturated heterocycles. The Balaban J connectivity index is 2.02. The molecule has 1 amide bonds. The van der Waals surface area contributed by atoms with Gasteiger partial charge in [0.25, 0.3) is 0 Å². The first-order valence-electron chi connectivity index (χ1n) is 7.02. The lowest BCUT2D eigenvalue weighted by molar-refractivity contribution is -0.131. The average Bonchev–Trinajstić information content (AvgIpc) is 2.96. The summed E-state index contributed by atoms with van der Waals surface area (Å²) in [6.07, 6.45) is 3.69. The fraction of sp³-hybridized carbons (Fsp3) is 0.353. The SMILES string of the molecule is COCCN(Cc1ccoc1)C(=O)Cc1cccc(C)c1. The molecule has 0 radical (unpaired) electrons. The van der Waals surface area contributed by atoms with Crippen molar-refractivity contribution >= 4 is 5.91 Å². The number of furan rings is 1. The van der Waals surface area contributed by atoms with Gasteiger partial charge in [-0.3, -0.25) is 4.79 Å². The Hall–Kier alpha value is -2.07. The highest BCUT2D eigenvalue weighted by Gasteiger charge is 2.15. The summed E-state index contributed by atoms with van der Waals surface area (Å²) in [7, 11) is 1.64. The maximum Gasteiger partial charge on any atom is 0.227 e. The predicted octanol–water partition coefficient (Wildman–Crippen LogP) is 2.81. The Kier molecular flexibility index (Phi) is 5.58. The molecule has 0 aliphatic carbocycles. The summed E-state index contributed by atoms with van der Waals surface area (Å²) < 4.78 is 10.2. The van der Waals surface area contributed by atoms with Gasteiger partial charge in [-0.1, -0.05) is 29.8 Å². The van der Waals surface area contributed by atoms with Crippen molar-refractivity contribution in [1.82, 2.24) is 4.90 Å². The largest absolute Gasteiger partial charge is 0.472 e. The summed E-state index contributed by atoms with van der Waals surface area (Å²) in [5.74, 6) is 0.0962. The highest BCUT2D eigenvalue weighted by atomic mass is 16.5. The van der Waals surface area contributed by atoms with Crippen LogP contribution in [0.15, 0.2) is 47.3 Å². The molecule has 1 aromatic carbocycles. The summed E-state index contributed by atoms with van der Waals surface area (Å²) in [4.78, 5) is 14.3. The molecule has 0 atom stereocenters. The number of hydrogen-bond acceptors (Lipinski definition) is 3. The van der Waals surface area contributed by atoms with Gasteiger partial charge >= 0.3 is 0 Å². The second-order valence-electron chi connectivity index (χ2n) is 5.11. The number of benzene rings is 1. The molecule has 1 aromatic heterocycles. The van der Waals surface area contributed by atoms with Crippen molar-refractivity contribution < 1.29 is 13.9 Å². The van der Waals surface area contributed by atoms with Gasteiger partial charge in [0.15, 0.2) is 0 Å². The standard InChI is InChI=1S/C17H21NO3/c1-14-4-3-5-15(10-14)11-17(19)18(7-9-20-2)12-16-6-8-21-13-16/h3-6,8,10,13H,7,9,11-12H2,1-2H3. The summed E-state index contributed by atoms with van der Waals surface area (Å²) >= 11 is 0. The Bertz CT molecular complexity index is 563. The number of hydrogen-bond donors (Lipinski definition) is 0. The Labute approximate surface area is 125 Å². The maximum absolute atomic E-state index is 12.5. The van der Waals surface area contributed by atoms with Gasteiger partial charge in [-0.2, -0.15) is 0 Å². The molecule has 0 aliphatic heterocycles.